The second-order valence-corrected chi connectivity index (χ2v) is 7.61. The van der Waals surface area contributed by atoms with Crippen LogP contribution in [-0.4, -0.2) is 17.5 Å². The first-order valence-corrected chi connectivity index (χ1v) is 10.2. The van der Waals surface area contributed by atoms with Crippen LogP contribution in [0.5, 0.6) is 17.2 Å². The highest BCUT2D eigenvalue weighted by atomic mass is 79.9. The van der Waals surface area contributed by atoms with Gasteiger partial charge in [-0.15, -0.1) is 0 Å². The lowest BCUT2D eigenvalue weighted by Crippen LogP contribution is -2.31. The minimum atomic E-state index is -0.524. The van der Waals surface area contributed by atoms with Crippen molar-refractivity contribution in [2.24, 2.45) is 0 Å². The number of benzene rings is 2. The van der Waals surface area contributed by atoms with Gasteiger partial charge in [0.25, 0.3) is 0 Å². The average Bonchev–Trinajstić information content (AvgIpc) is 2.75. The molecule has 1 atom stereocenters. The molecule has 152 valence electrons. The van der Waals surface area contributed by atoms with E-state index in [1.54, 1.807) is 30.5 Å². The first-order chi connectivity index (χ1) is 14.6. The SMILES string of the molecule is O=C(/C=C/c1ccc(Oc2cccnc2)c(F)c1)NC1CCOc2ccc(Br)cc21. The summed E-state index contributed by atoms with van der Waals surface area (Å²) in [4.78, 5) is 16.3. The minimum absolute atomic E-state index is 0.0917. The van der Waals surface area contributed by atoms with Crippen molar-refractivity contribution in [3.63, 3.8) is 0 Å². The first-order valence-electron chi connectivity index (χ1n) is 9.37. The van der Waals surface area contributed by atoms with E-state index in [0.717, 1.165) is 15.8 Å². The van der Waals surface area contributed by atoms with Crippen molar-refractivity contribution < 1.29 is 18.7 Å². The Bertz CT molecular complexity index is 1090. The van der Waals surface area contributed by atoms with E-state index in [4.69, 9.17) is 9.47 Å². The number of rotatable bonds is 5. The fourth-order valence-corrected chi connectivity index (χ4v) is 3.52. The van der Waals surface area contributed by atoms with Crippen LogP contribution in [0.2, 0.25) is 0 Å². The molecule has 1 aromatic heterocycles. The number of aromatic nitrogens is 1. The standard InChI is InChI=1S/C23H18BrFN2O3/c24-16-5-7-21-18(13-16)20(9-11-29-21)27-23(28)8-4-15-3-6-22(19(25)12-15)30-17-2-1-10-26-14-17/h1-8,10,12-14,20H,9,11H2,(H,27,28)/b8-4+. The summed E-state index contributed by atoms with van der Waals surface area (Å²) < 4.78 is 26.4. The Hall–Kier alpha value is -3.19. The van der Waals surface area contributed by atoms with Crippen molar-refractivity contribution >= 4 is 27.9 Å². The Morgan fingerprint density at radius 2 is 2.17 bits per heavy atom. The van der Waals surface area contributed by atoms with E-state index >= 15 is 0 Å². The van der Waals surface area contributed by atoms with Crippen molar-refractivity contribution in [1.29, 1.82) is 0 Å². The minimum Gasteiger partial charge on any atom is -0.493 e. The molecule has 7 heteroatoms. The number of halogens is 2. The summed E-state index contributed by atoms with van der Waals surface area (Å²) in [5.74, 6) is 0.523. The predicted octanol–water partition coefficient (Wildman–Crippen LogP) is 5.43. The molecule has 0 radical (unpaired) electrons. The van der Waals surface area contributed by atoms with Crippen LogP contribution in [0.3, 0.4) is 0 Å². The molecule has 1 aliphatic rings. The normalized spacial score (nSPS) is 15.3. The molecule has 1 unspecified atom stereocenters. The van der Waals surface area contributed by atoms with Crippen LogP contribution >= 0.6 is 15.9 Å². The quantitative estimate of drug-likeness (QED) is 0.507. The zero-order valence-electron chi connectivity index (χ0n) is 15.8. The molecular formula is C23H18BrFN2O3. The van der Waals surface area contributed by atoms with Gasteiger partial charge in [0.15, 0.2) is 11.6 Å². The van der Waals surface area contributed by atoms with Gasteiger partial charge in [0.2, 0.25) is 5.91 Å². The Balaban J connectivity index is 1.41. The van der Waals surface area contributed by atoms with Gasteiger partial charge in [0.05, 0.1) is 18.8 Å². The molecule has 0 saturated heterocycles. The van der Waals surface area contributed by atoms with Gasteiger partial charge in [-0.25, -0.2) is 4.39 Å². The summed E-state index contributed by atoms with van der Waals surface area (Å²) in [5, 5.41) is 2.98. The molecule has 0 spiro atoms. The third-order valence-electron chi connectivity index (χ3n) is 4.57. The number of pyridine rings is 1. The Labute approximate surface area is 181 Å². The fourth-order valence-electron chi connectivity index (χ4n) is 3.14. The highest BCUT2D eigenvalue weighted by Crippen LogP contribution is 2.34. The van der Waals surface area contributed by atoms with Gasteiger partial charge in [-0.1, -0.05) is 22.0 Å². The summed E-state index contributed by atoms with van der Waals surface area (Å²) in [7, 11) is 0. The maximum atomic E-state index is 14.3. The largest absolute Gasteiger partial charge is 0.493 e. The zero-order valence-corrected chi connectivity index (χ0v) is 17.4. The van der Waals surface area contributed by atoms with Crippen LogP contribution in [0.25, 0.3) is 6.08 Å². The van der Waals surface area contributed by atoms with Crippen LogP contribution in [0, 0.1) is 5.82 Å². The number of carbonyl (C=O) groups excluding carboxylic acids is 1. The maximum Gasteiger partial charge on any atom is 0.244 e. The van der Waals surface area contributed by atoms with E-state index < -0.39 is 5.82 Å². The van der Waals surface area contributed by atoms with Gasteiger partial charge in [0.1, 0.15) is 11.5 Å². The number of nitrogens with one attached hydrogen (secondary N) is 1. The lowest BCUT2D eigenvalue weighted by Gasteiger charge is -2.26. The zero-order chi connectivity index (χ0) is 20.9. The van der Waals surface area contributed by atoms with Crippen LogP contribution < -0.4 is 14.8 Å². The molecule has 5 nitrogen and oxygen atoms in total. The smallest absolute Gasteiger partial charge is 0.244 e. The maximum absolute atomic E-state index is 14.3. The van der Waals surface area contributed by atoms with Gasteiger partial charge in [-0.3, -0.25) is 9.78 Å². The molecule has 2 heterocycles. The highest BCUT2D eigenvalue weighted by molar-refractivity contribution is 9.10. The third kappa shape index (κ3) is 4.86. The van der Waals surface area contributed by atoms with Gasteiger partial charge >= 0.3 is 0 Å². The lowest BCUT2D eigenvalue weighted by molar-refractivity contribution is -0.117. The second-order valence-electron chi connectivity index (χ2n) is 6.69. The molecule has 0 aliphatic carbocycles. The Morgan fingerprint density at radius 1 is 1.27 bits per heavy atom. The van der Waals surface area contributed by atoms with Crippen molar-refractivity contribution in [2.45, 2.75) is 12.5 Å². The molecule has 0 bridgehead atoms. The number of ether oxygens (including phenoxy) is 2. The monoisotopic (exact) mass is 468 g/mol. The molecular weight excluding hydrogens is 451 g/mol. The number of hydrogen-bond donors (Lipinski definition) is 1. The van der Waals surface area contributed by atoms with Gasteiger partial charge < -0.3 is 14.8 Å². The third-order valence-corrected chi connectivity index (χ3v) is 5.07. The number of nitrogens with zero attached hydrogens (tertiary/aromatic N) is 1. The van der Waals surface area contributed by atoms with Crippen molar-refractivity contribution in [3.8, 4) is 17.2 Å². The first kappa shape index (κ1) is 20.1. The van der Waals surface area contributed by atoms with E-state index in [0.29, 0.717) is 24.3 Å². The summed E-state index contributed by atoms with van der Waals surface area (Å²) in [6.07, 6.45) is 6.75. The molecule has 3 aromatic rings. The van der Waals surface area contributed by atoms with Gasteiger partial charge in [-0.2, -0.15) is 0 Å². The Kier molecular flexibility index (Phi) is 6.09. The van der Waals surface area contributed by atoms with Gasteiger partial charge in [-0.05, 0) is 54.1 Å². The number of carbonyl (C=O) groups is 1. The predicted molar refractivity (Wildman–Crippen MR) is 115 cm³/mol. The van der Waals surface area contributed by atoms with Crippen molar-refractivity contribution in [3.05, 3.63) is 88.4 Å². The molecule has 0 fully saturated rings. The summed E-state index contributed by atoms with van der Waals surface area (Å²) in [6.45, 7) is 0.535. The van der Waals surface area contributed by atoms with Crippen molar-refractivity contribution in [1.82, 2.24) is 10.3 Å². The number of amides is 1. The fraction of sp³-hybridized carbons (Fsp3) is 0.130. The molecule has 0 saturated carbocycles. The average molecular weight is 469 g/mol. The van der Waals surface area contributed by atoms with E-state index in [2.05, 4.69) is 26.2 Å². The lowest BCUT2D eigenvalue weighted by atomic mass is 10.0. The van der Waals surface area contributed by atoms with E-state index in [1.165, 1.54) is 24.4 Å². The van der Waals surface area contributed by atoms with E-state index in [1.807, 2.05) is 18.2 Å². The number of fused-ring (bicyclic) bond motifs is 1. The Morgan fingerprint density at radius 3 is 2.97 bits per heavy atom. The summed E-state index contributed by atoms with van der Waals surface area (Å²) in [5.41, 5.74) is 1.48. The molecule has 4 rings (SSSR count). The highest BCUT2D eigenvalue weighted by Gasteiger charge is 2.22. The van der Waals surface area contributed by atoms with Gasteiger partial charge in [0, 0.05) is 28.7 Å². The molecule has 1 aliphatic heterocycles. The van der Waals surface area contributed by atoms with Crippen LogP contribution in [0.4, 0.5) is 4.39 Å². The van der Waals surface area contributed by atoms with E-state index in [-0.39, 0.29) is 17.7 Å². The molecule has 30 heavy (non-hydrogen) atoms. The number of hydrogen-bond acceptors (Lipinski definition) is 4. The molecule has 1 N–H and O–H groups in total. The topological polar surface area (TPSA) is 60.5 Å². The van der Waals surface area contributed by atoms with Crippen LogP contribution in [0.15, 0.2) is 71.5 Å². The molecule has 2 aromatic carbocycles. The van der Waals surface area contributed by atoms with E-state index in [9.17, 15) is 9.18 Å². The summed E-state index contributed by atoms with van der Waals surface area (Å²) >= 11 is 3.45. The van der Waals surface area contributed by atoms with Crippen LogP contribution in [-0.2, 0) is 4.79 Å². The van der Waals surface area contributed by atoms with Crippen molar-refractivity contribution in [2.75, 3.05) is 6.61 Å². The second kappa shape index (κ2) is 9.09. The van der Waals surface area contributed by atoms with Crippen LogP contribution in [0.1, 0.15) is 23.6 Å². The molecule has 1 amide bonds. The summed E-state index contributed by atoms with van der Waals surface area (Å²) in [6, 6.07) is 13.5.